The Morgan fingerprint density at radius 1 is 1.32 bits per heavy atom. The second-order valence-corrected chi connectivity index (χ2v) is 6.35. The van der Waals surface area contributed by atoms with Crippen molar-refractivity contribution in [2.45, 2.75) is 57.8 Å². The van der Waals surface area contributed by atoms with Gasteiger partial charge in [0.05, 0.1) is 0 Å². The minimum absolute atomic E-state index is 0.137. The van der Waals surface area contributed by atoms with Gasteiger partial charge in [0.15, 0.2) is 0 Å². The molecule has 1 aliphatic rings. The van der Waals surface area contributed by atoms with Crippen molar-refractivity contribution in [2.75, 3.05) is 11.9 Å². The van der Waals surface area contributed by atoms with E-state index in [0.29, 0.717) is 12.8 Å². The van der Waals surface area contributed by atoms with Crippen LogP contribution in [-0.4, -0.2) is 29.3 Å². The molecule has 0 spiro atoms. The van der Waals surface area contributed by atoms with Gasteiger partial charge in [-0.3, -0.25) is 0 Å². The number of nitrogens with zero attached hydrogens (tertiary/aromatic N) is 1. The SMILES string of the molecule is CC(C)(C)NCCc1cccc(NC2CC(F)C2)n1. The third kappa shape index (κ3) is 4.78. The van der Waals surface area contributed by atoms with Crippen molar-refractivity contribution in [3.63, 3.8) is 0 Å². The van der Waals surface area contributed by atoms with E-state index in [-0.39, 0.29) is 11.6 Å². The van der Waals surface area contributed by atoms with E-state index in [1.165, 1.54) is 0 Å². The lowest BCUT2D eigenvalue weighted by Crippen LogP contribution is -2.37. The van der Waals surface area contributed by atoms with Crippen molar-refractivity contribution >= 4 is 5.82 Å². The van der Waals surface area contributed by atoms with Crippen LogP contribution in [-0.2, 0) is 6.42 Å². The quantitative estimate of drug-likeness (QED) is 0.859. The molecule has 0 atom stereocenters. The Bertz CT molecular complexity index is 408. The standard InChI is InChI=1S/C15H24FN3/c1-15(2,3)17-8-7-12-5-4-6-14(18-12)19-13-9-11(16)10-13/h4-6,11,13,17H,7-10H2,1-3H3,(H,18,19). The highest BCUT2D eigenvalue weighted by molar-refractivity contribution is 5.37. The summed E-state index contributed by atoms with van der Waals surface area (Å²) in [6.07, 6.45) is 1.50. The van der Waals surface area contributed by atoms with Crippen molar-refractivity contribution in [1.29, 1.82) is 0 Å². The van der Waals surface area contributed by atoms with E-state index in [4.69, 9.17) is 0 Å². The average molecular weight is 265 g/mol. The van der Waals surface area contributed by atoms with Crippen molar-refractivity contribution in [3.05, 3.63) is 23.9 Å². The molecule has 1 fully saturated rings. The maximum atomic E-state index is 12.8. The van der Waals surface area contributed by atoms with Crippen LogP contribution in [0.3, 0.4) is 0 Å². The fourth-order valence-corrected chi connectivity index (χ4v) is 2.14. The number of aromatic nitrogens is 1. The Morgan fingerprint density at radius 3 is 2.68 bits per heavy atom. The smallest absolute Gasteiger partial charge is 0.126 e. The topological polar surface area (TPSA) is 37.0 Å². The van der Waals surface area contributed by atoms with Crippen molar-refractivity contribution in [1.82, 2.24) is 10.3 Å². The molecule has 0 radical (unpaired) electrons. The summed E-state index contributed by atoms with van der Waals surface area (Å²) in [7, 11) is 0. The molecule has 19 heavy (non-hydrogen) atoms. The molecular formula is C15H24FN3. The zero-order chi connectivity index (χ0) is 13.9. The van der Waals surface area contributed by atoms with Crippen LogP contribution in [0.5, 0.6) is 0 Å². The summed E-state index contributed by atoms with van der Waals surface area (Å²) < 4.78 is 12.8. The molecule has 0 bridgehead atoms. The maximum absolute atomic E-state index is 12.8. The van der Waals surface area contributed by atoms with Crippen molar-refractivity contribution < 1.29 is 4.39 Å². The van der Waals surface area contributed by atoms with Crippen LogP contribution in [0.2, 0.25) is 0 Å². The molecule has 4 heteroatoms. The van der Waals surface area contributed by atoms with Gasteiger partial charge in [0.2, 0.25) is 0 Å². The number of pyridine rings is 1. The third-order valence-corrected chi connectivity index (χ3v) is 3.28. The molecule has 1 saturated carbocycles. The molecule has 1 aromatic rings. The molecule has 0 amide bonds. The second kappa shape index (κ2) is 5.87. The number of alkyl halides is 1. The van der Waals surface area contributed by atoms with E-state index in [1.807, 2.05) is 18.2 Å². The van der Waals surface area contributed by atoms with Gasteiger partial charge >= 0.3 is 0 Å². The monoisotopic (exact) mass is 265 g/mol. The number of anilines is 1. The van der Waals surface area contributed by atoms with Gasteiger partial charge < -0.3 is 10.6 Å². The van der Waals surface area contributed by atoms with Crippen LogP contribution in [0.1, 0.15) is 39.3 Å². The fourth-order valence-electron chi connectivity index (χ4n) is 2.14. The number of rotatable bonds is 5. The van der Waals surface area contributed by atoms with Gasteiger partial charge in [-0.15, -0.1) is 0 Å². The van der Waals surface area contributed by atoms with Crippen molar-refractivity contribution in [2.24, 2.45) is 0 Å². The van der Waals surface area contributed by atoms with Crippen LogP contribution in [0, 0.1) is 0 Å². The van der Waals surface area contributed by atoms with Crippen LogP contribution in [0.25, 0.3) is 0 Å². The average Bonchev–Trinajstić information content (AvgIpc) is 2.26. The fraction of sp³-hybridized carbons (Fsp3) is 0.667. The zero-order valence-electron chi connectivity index (χ0n) is 12.0. The molecule has 2 N–H and O–H groups in total. The molecule has 0 saturated heterocycles. The highest BCUT2D eigenvalue weighted by atomic mass is 19.1. The molecule has 1 heterocycles. The summed E-state index contributed by atoms with van der Waals surface area (Å²) in [6, 6.07) is 6.25. The third-order valence-electron chi connectivity index (χ3n) is 3.28. The van der Waals surface area contributed by atoms with Gasteiger partial charge in [-0.1, -0.05) is 6.07 Å². The summed E-state index contributed by atoms with van der Waals surface area (Å²) in [6.45, 7) is 7.38. The van der Waals surface area contributed by atoms with Gasteiger partial charge in [-0.2, -0.15) is 0 Å². The number of nitrogens with one attached hydrogen (secondary N) is 2. The van der Waals surface area contributed by atoms with E-state index in [9.17, 15) is 4.39 Å². The number of hydrogen-bond donors (Lipinski definition) is 2. The Labute approximate surface area is 115 Å². The predicted octanol–water partition coefficient (Wildman–Crippen LogP) is 2.92. The maximum Gasteiger partial charge on any atom is 0.126 e. The predicted molar refractivity (Wildman–Crippen MR) is 77.2 cm³/mol. The molecule has 2 rings (SSSR count). The van der Waals surface area contributed by atoms with E-state index in [0.717, 1.165) is 24.5 Å². The van der Waals surface area contributed by atoms with E-state index < -0.39 is 6.17 Å². The number of halogens is 1. The summed E-state index contributed by atoms with van der Waals surface area (Å²) in [5.41, 5.74) is 1.20. The van der Waals surface area contributed by atoms with E-state index >= 15 is 0 Å². The molecule has 0 unspecified atom stereocenters. The lowest BCUT2D eigenvalue weighted by Gasteiger charge is -2.30. The minimum atomic E-state index is -0.628. The molecular weight excluding hydrogens is 241 g/mol. The van der Waals surface area contributed by atoms with Crippen LogP contribution in [0.4, 0.5) is 10.2 Å². The van der Waals surface area contributed by atoms with Gasteiger partial charge in [0.1, 0.15) is 12.0 Å². The summed E-state index contributed by atoms with van der Waals surface area (Å²) in [5, 5.41) is 6.73. The first kappa shape index (κ1) is 14.3. The largest absolute Gasteiger partial charge is 0.367 e. The first-order chi connectivity index (χ1) is 8.92. The van der Waals surface area contributed by atoms with Crippen molar-refractivity contribution in [3.8, 4) is 0 Å². The minimum Gasteiger partial charge on any atom is -0.367 e. The highest BCUT2D eigenvalue weighted by Crippen LogP contribution is 2.26. The van der Waals surface area contributed by atoms with Crippen LogP contribution < -0.4 is 10.6 Å². The first-order valence-corrected chi connectivity index (χ1v) is 7.04. The highest BCUT2D eigenvalue weighted by Gasteiger charge is 2.28. The summed E-state index contributed by atoms with van der Waals surface area (Å²) >= 11 is 0. The summed E-state index contributed by atoms with van der Waals surface area (Å²) in [4.78, 5) is 4.57. The second-order valence-electron chi connectivity index (χ2n) is 6.35. The van der Waals surface area contributed by atoms with Crippen LogP contribution in [0.15, 0.2) is 18.2 Å². The number of hydrogen-bond acceptors (Lipinski definition) is 3. The molecule has 3 nitrogen and oxygen atoms in total. The van der Waals surface area contributed by atoms with Gasteiger partial charge in [0.25, 0.3) is 0 Å². The lowest BCUT2D eigenvalue weighted by molar-refractivity contribution is 0.192. The Balaban J connectivity index is 1.81. The van der Waals surface area contributed by atoms with Crippen LogP contribution >= 0.6 is 0 Å². The van der Waals surface area contributed by atoms with E-state index in [1.54, 1.807) is 0 Å². The first-order valence-electron chi connectivity index (χ1n) is 7.04. The Kier molecular flexibility index (Phi) is 4.40. The van der Waals surface area contributed by atoms with E-state index in [2.05, 4.69) is 36.4 Å². The molecule has 1 aromatic heterocycles. The zero-order valence-corrected chi connectivity index (χ0v) is 12.0. The van der Waals surface area contributed by atoms with Gasteiger partial charge in [-0.05, 0) is 45.7 Å². The Morgan fingerprint density at radius 2 is 2.05 bits per heavy atom. The Hall–Kier alpha value is -1.16. The molecule has 1 aliphatic carbocycles. The van der Waals surface area contributed by atoms with Gasteiger partial charge in [0, 0.05) is 30.2 Å². The molecule has 106 valence electrons. The normalized spacial score (nSPS) is 22.9. The molecule has 0 aliphatic heterocycles. The lowest BCUT2D eigenvalue weighted by atomic mass is 9.91. The molecule has 0 aromatic carbocycles. The summed E-state index contributed by atoms with van der Waals surface area (Å²) in [5.74, 6) is 0.866. The van der Waals surface area contributed by atoms with Gasteiger partial charge in [-0.25, -0.2) is 9.37 Å².